The summed E-state index contributed by atoms with van der Waals surface area (Å²) >= 11 is 0. The minimum Gasteiger partial charge on any atom is -0.367 e. The average molecular weight is 247 g/mol. The van der Waals surface area contributed by atoms with Gasteiger partial charge in [-0.3, -0.25) is 4.79 Å². The first-order chi connectivity index (χ1) is 8.56. The zero-order valence-corrected chi connectivity index (χ0v) is 11.3. The third kappa shape index (κ3) is 3.00. The van der Waals surface area contributed by atoms with Gasteiger partial charge in [-0.1, -0.05) is 6.92 Å². The molecule has 2 unspecified atom stereocenters. The van der Waals surface area contributed by atoms with E-state index in [0.29, 0.717) is 11.6 Å². The second kappa shape index (κ2) is 5.38. The molecule has 1 aromatic heterocycles. The molecule has 18 heavy (non-hydrogen) atoms. The van der Waals surface area contributed by atoms with Crippen molar-refractivity contribution < 1.29 is 4.79 Å². The van der Waals surface area contributed by atoms with Crippen LogP contribution in [-0.2, 0) is 0 Å². The Hall–Kier alpha value is -1.58. The van der Waals surface area contributed by atoms with E-state index >= 15 is 0 Å². The van der Waals surface area contributed by atoms with E-state index in [1.165, 1.54) is 19.3 Å². The van der Waals surface area contributed by atoms with E-state index in [9.17, 15) is 4.79 Å². The number of carbonyl (C=O) groups excluding carboxylic acids is 1. The molecular formula is C14H21N3O. The van der Waals surface area contributed by atoms with Gasteiger partial charge in [0.25, 0.3) is 5.91 Å². The van der Waals surface area contributed by atoms with Gasteiger partial charge < -0.3 is 10.2 Å². The van der Waals surface area contributed by atoms with Crippen molar-refractivity contribution in [1.82, 2.24) is 9.88 Å². The summed E-state index contributed by atoms with van der Waals surface area (Å²) in [6, 6.07) is 4.25. The van der Waals surface area contributed by atoms with Crippen LogP contribution in [0.25, 0.3) is 0 Å². The highest BCUT2D eigenvalue weighted by molar-refractivity contribution is 5.93. The predicted octanol–water partition coefficient (Wildman–Crippen LogP) is 2.38. The molecule has 1 fully saturated rings. The maximum absolute atomic E-state index is 11.7. The summed E-state index contributed by atoms with van der Waals surface area (Å²) in [7, 11) is 3.49. The number of carbonyl (C=O) groups is 1. The van der Waals surface area contributed by atoms with Crippen LogP contribution in [0.1, 0.15) is 36.5 Å². The quantitative estimate of drug-likeness (QED) is 0.892. The number of hydrogen-bond donors (Lipinski definition) is 1. The zero-order chi connectivity index (χ0) is 13.1. The summed E-state index contributed by atoms with van der Waals surface area (Å²) in [4.78, 5) is 17.6. The Morgan fingerprint density at radius 1 is 1.39 bits per heavy atom. The van der Waals surface area contributed by atoms with Gasteiger partial charge in [-0.15, -0.1) is 0 Å². The summed E-state index contributed by atoms with van der Waals surface area (Å²) in [5.74, 6) is 1.66. The van der Waals surface area contributed by atoms with Gasteiger partial charge in [-0.2, -0.15) is 0 Å². The highest BCUT2D eigenvalue weighted by Crippen LogP contribution is 2.26. The second-order valence-electron chi connectivity index (χ2n) is 5.39. The molecule has 0 radical (unpaired) electrons. The van der Waals surface area contributed by atoms with Crippen LogP contribution in [0.15, 0.2) is 18.3 Å². The molecule has 0 aliphatic heterocycles. The van der Waals surface area contributed by atoms with Crippen molar-refractivity contribution in [3.05, 3.63) is 23.9 Å². The molecule has 2 atom stereocenters. The Morgan fingerprint density at radius 3 is 2.67 bits per heavy atom. The van der Waals surface area contributed by atoms with Gasteiger partial charge in [0.1, 0.15) is 5.82 Å². The number of nitrogens with one attached hydrogen (secondary N) is 1. The Bertz CT molecular complexity index is 414. The molecule has 1 saturated carbocycles. The Balaban J connectivity index is 1.97. The maximum Gasteiger partial charge on any atom is 0.254 e. The van der Waals surface area contributed by atoms with Crippen LogP contribution in [0.2, 0.25) is 0 Å². The van der Waals surface area contributed by atoms with Crippen molar-refractivity contribution in [3.63, 3.8) is 0 Å². The van der Waals surface area contributed by atoms with Crippen molar-refractivity contribution >= 4 is 11.7 Å². The maximum atomic E-state index is 11.7. The van der Waals surface area contributed by atoms with Crippen LogP contribution >= 0.6 is 0 Å². The lowest BCUT2D eigenvalue weighted by molar-refractivity contribution is 0.0827. The van der Waals surface area contributed by atoms with E-state index in [1.54, 1.807) is 25.2 Å². The molecule has 0 spiro atoms. The highest BCUT2D eigenvalue weighted by atomic mass is 16.2. The zero-order valence-electron chi connectivity index (χ0n) is 11.3. The largest absolute Gasteiger partial charge is 0.367 e. The summed E-state index contributed by atoms with van der Waals surface area (Å²) in [5.41, 5.74) is 0.630. The first-order valence-corrected chi connectivity index (χ1v) is 6.50. The summed E-state index contributed by atoms with van der Waals surface area (Å²) in [5, 5.41) is 3.43. The molecule has 2 rings (SSSR count). The number of anilines is 1. The lowest BCUT2D eigenvalue weighted by Gasteiger charge is -2.14. The van der Waals surface area contributed by atoms with Gasteiger partial charge in [-0.25, -0.2) is 4.98 Å². The molecule has 1 amide bonds. The van der Waals surface area contributed by atoms with Crippen molar-refractivity contribution in [3.8, 4) is 0 Å². The Kier molecular flexibility index (Phi) is 3.84. The SMILES string of the molecule is CC1CCC(Nc2ccc(C(=O)N(C)C)cn2)C1. The monoisotopic (exact) mass is 247 g/mol. The lowest BCUT2D eigenvalue weighted by atomic mass is 10.1. The van der Waals surface area contributed by atoms with Crippen LogP contribution in [0.3, 0.4) is 0 Å². The summed E-state index contributed by atoms with van der Waals surface area (Å²) in [6.07, 6.45) is 5.35. The van der Waals surface area contributed by atoms with Gasteiger partial charge >= 0.3 is 0 Å². The summed E-state index contributed by atoms with van der Waals surface area (Å²) in [6.45, 7) is 2.29. The topological polar surface area (TPSA) is 45.2 Å². The van der Waals surface area contributed by atoms with Gasteiger partial charge in [0, 0.05) is 26.3 Å². The number of aromatic nitrogens is 1. The highest BCUT2D eigenvalue weighted by Gasteiger charge is 2.21. The van der Waals surface area contributed by atoms with Gasteiger partial charge in [-0.05, 0) is 37.3 Å². The number of rotatable bonds is 3. The summed E-state index contributed by atoms with van der Waals surface area (Å²) < 4.78 is 0. The molecule has 1 aromatic rings. The van der Waals surface area contributed by atoms with Crippen LogP contribution in [0, 0.1) is 5.92 Å². The van der Waals surface area contributed by atoms with Crippen LogP contribution in [0.4, 0.5) is 5.82 Å². The van der Waals surface area contributed by atoms with Crippen LogP contribution < -0.4 is 5.32 Å². The third-order valence-corrected chi connectivity index (χ3v) is 3.46. The number of pyridine rings is 1. The normalized spacial score (nSPS) is 22.8. The van der Waals surface area contributed by atoms with E-state index in [-0.39, 0.29) is 5.91 Å². The molecule has 0 saturated heterocycles. The second-order valence-corrected chi connectivity index (χ2v) is 5.39. The minimum absolute atomic E-state index is 0.0106. The third-order valence-electron chi connectivity index (χ3n) is 3.46. The van der Waals surface area contributed by atoms with E-state index in [2.05, 4.69) is 17.2 Å². The fraction of sp³-hybridized carbons (Fsp3) is 0.571. The van der Waals surface area contributed by atoms with Crippen molar-refractivity contribution in [2.75, 3.05) is 19.4 Å². The number of nitrogens with zero attached hydrogens (tertiary/aromatic N) is 2. The molecule has 0 bridgehead atoms. The molecule has 1 aliphatic rings. The first-order valence-electron chi connectivity index (χ1n) is 6.50. The molecule has 1 N–H and O–H groups in total. The fourth-order valence-electron chi connectivity index (χ4n) is 2.41. The first kappa shape index (κ1) is 12.9. The average Bonchev–Trinajstić information content (AvgIpc) is 2.75. The molecule has 4 heteroatoms. The molecule has 98 valence electrons. The van der Waals surface area contributed by atoms with Crippen molar-refractivity contribution in [2.24, 2.45) is 5.92 Å². The van der Waals surface area contributed by atoms with Gasteiger partial charge in [0.15, 0.2) is 0 Å². The van der Waals surface area contributed by atoms with Crippen molar-refractivity contribution in [1.29, 1.82) is 0 Å². The minimum atomic E-state index is -0.0106. The standard InChI is InChI=1S/C14H21N3O/c1-10-4-6-12(8-10)16-13-7-5-11(9-15-13)14(18)17(2)3/h5,7,9-10,12H,4,6,8H2,1-3H3,(H,15,16). The smallest absolute Gasteiger partial charge is 0.254 e. The van der Waals surface area contributed by atoms with E-state index in [1.807, 2.05) is 12.1 Å². The Morgan fingerprint density at radius 2 is 2.17 bits per heavy atom. The molecule has 1 aliphatic carbocycles. The van der Waals surface area contributed by atoms with Crippen LogP contribution in [0.5, 0.6) is 0 Å². The van der Waals surface area contributed by atoms with Gasteiger partial charge in [0.05, 0.1) is 5.56 Å². The molecule has 4 nitrogen and oxygen atoms in total. The molecule has 1 heterocycles. The van der Waals surface area contributed by atoms with Gasteiger partial charge in [0.2, 0.25) is 0 Å². The number of hydrogen-bond acceptors (Lipinski definition) is 3. The number of amides is 1. The molecule has 0 aromatic carbocycles. The molecular weight excluding hydrogens is 226 g/mol. The van der Waals surface area contributed by atoms with Crippen molar-refractivity contribution in [2.45, 2.75) is 32.2 Å². The fourth-order valence-corrected chi connectivity index (χ4v) is 2.41. The van der Waals surface area contributed by atoms with E-state index in [4.69, 9.17) is 0 Å². The van der Waals surface area contributed by atoms with E-state index in [0.717, 1.165) is 11.7 Å². The van der Waals surface area contributed by atoms with E-state index < -0.39 is 0 Å². The Labute approximate surface area is 108 Å². The predicted molar refractivity (Wildman–Crippen MR) is 72.7 cm³/mol. The lowest BCUT2D eigenvalue weighted by Crippen LogP contribution is -2.22. The van der Waals surface area contributed by atoms with Crippen LogP contribution in [-0.4, -0.2) is 35.9 Å².